The molecule has 118 valence electrons. The summed E-state index contributed by atoms with van der Waals surface area (Å²) in [6.45, 7) is 0. The maximum Gasteiger partial charge on any atom is 0.337 e. The molecule has 3 N–H and O–H groups in total. The normalized spacial score (nSPS) is 17.3. The van der Waals surface area contributed by atoms with E-state index in [1.807, 2.05) is 12.1 Å². The van der Waals surface area contributed by atoms with Crippen LogP contribution in [0.2, 0.25) is 0 Å². The van der Waals surface area contributed by atoms with Crippen LogP contribution in [0, 0.1) is 5.82 Å². The SMILES string of the molecule is Nc1c(C(=O)O)ccc(-c2cc(C3CC3)cc(C3CC3)c2)c1F. The van der Waals surface area contributed by atoms with Gasteiger partial charge in [0.2, 0.25) is 0 Å². The Morgan fingerprint density at radius 1 is 1.04 bits per heavy atom. The van der Waals surface area contributed by atoms with Crippen molar-refractivity contribution in [3.05, 3.63) is 52.8 Å². The van der Waals surface area contributed by atoms with E-state index in [-0.39, 0.29) is 11.3 Å². The van der Waals surface area contributed by atoms with Gasteiger partial charge < -0.3 is 10.8 Å². The van der Waals surface area contributed by atoms with E-state index >= 15 is 0 Å². The van der Waals surface area contributed by atoms with E-state index in [0.717, 1.165) is 5.56 Å². The van der Waals surface area contributed by atoms with Crippen LogP contribution in [0.25, 0.3) is 11.1 Å². The fraction of sp³-hybridized carbons (Fsp3) is 0.316. The number of halogens is 1. The molecule has 0 aromatic heterocycles. The van der Waals surface area contributed by atoms with E-state index in [0.29, 0.717) is 17.4 Å². The fourth-order valence-electron chi connectivity index (χ4n) is 3.14. The lowest BCUT2D eigenvalue weighted by Gasteiger charge is -2.12. The molecule has 23 heavy (non-hydrogen) atoms. The summed E-state index contributed by atoms with van der Waals surface area (Å²) in [5.74, 6) is -0.671. The van der Waals surface area contributed by atoms with Crippen LogP contribution in [0.5, 0.6) is 0 Å². The second-order valence-corrected chi connectivity index (χ2v) is 6.63. The lowest BCUT2D eigenvalue weighted by Crippen LogP contribution is -2.05. The number of carboxylic acid groups (broad SMARTS) is 1. The van der Waals surface area contributed by atoms with E-state index in [1.165, 1.54) is 48.9 Å². The van der Waals surface area contributed by atoms with Crippen LogP contribution in [0.4, 0.5) is 10.1 Å². The van der Waals surface area contributed by atoms with Crippen LogP contribution < -0.4 is 5.73 Å². The van der Waals surface area contributed by atoms with Crippen molar-refractivity contribution in [2.75, 3.05) is 5.73 Å². The first-order valence-electron chi connectivity index (χ1n) is 8.01. The first-order valence-corrected chi connectivity index (χ1v) is 8.01. The lowest BCUT2D eigenvalue weighted by atomic mass is 9.94. The Kier molecular flexibility index (Phi) is 3.15. The topological polar surface area (TPSA) is 63.3 Å². The van der Waals surface area contributed by atoms with Crippen LogP contribution in [0.1, 0.15) is 59.0 Å². The highest BCUT2D eigenvalue weighted by molar-refractivity contribution is 5.95. The van der Waals surface area contributed by atoms with Gasteiger partial charge in [0.05, 0.1) is 11.3 Å². The molecule has 2 saturated carbocycles. The predicted octanol–water partition coefficient (Wildman–Crippen LogP) is 4.53. The van der Waals surface area contributed by atoms with Crippen molar-refractivity contribution < 1.29 is 14.3 Å². The number of carbonyl (C=O) groups is 1. The summed E-state index contributed by atoms with van der Waals surface area (Å²) in [6.07, 6.45) is 4.76. The number of carboxylic acids is 1. The van der Waals surface area contributed by atoms with E-state index in [1.54, 1.807) is 0 Å². The number of hydrogen-bond acceptors (Lipinski definition) is 2. The van der Waals surface area contributed by atoms with E-state index < -0.39 is 11.8 Å². The largest absolute Gasteiger partial charge is 0.478 e. The summed E-state index contributed by atoms with van der Waals surface area (Å²) in [4.78, 5) is 11.1. The van der Waals surface area contributed by atoms with Crippen molar-refractivity contribution in [2.24, 2.45) is 0 Å². The molecular formula is C19H18FNO2. The first-order chi connectivity index (χ1) is 11.0. The maximum absolute atomic E-state index is 14.6. The second-order valence-electron chi connectivity index (χ2n) is 6.63. The zero-order valence-corrected chi connectivity index (χ0v) is 12.7. The molecule has 2 aliphatic carbocycles. The van der Waals surface area contributed by atoms with Gasteiger partial charge in [-0.3, -0.25) is 0 Å². The van der Waals surface area contributed by atoms with E-state index in [4.69, 9.17) is 10.8 Å². The molecule has 2 aromatic rings. The van der Waals surface area contributed by atoms with Crippen LogP contribution in [0.3, 0.4) is 0 Å². The molecule has 2 fully saturated rings. The van der Waals surface area contributed by atoms with Crippen LogP contribution in [-0.2, 0) is 0 Å². The number of nitrogens with two attached hydrogens (primary N) is 1. The van der Waals surface area contributed by atoms with Gasteiger partial charge in [-0.2, -0.15) is 0 Å². The van der Waals surface area contributed by atoms with Gasteiger partial charge in [-0.25, -0.2) is 9.18 Å². The molecule has 0 heterocycles. The molecular weight excluding hydrogens is 293 g/mol. The minimum absolute atomic E-state index is 0.188. The van der Waals surface area contributed by atoms with Gasteiger partial charge in [0.25, 0.3) is 0 Å². The molecule has 0 amide bonds. The first kappa shape index (κ1) is 14.2. The summed E-state index contributed by atoms with van der Waals surface area (Å²) in [5.41, 5.74) is 8.93. The summed E-state index contributed by atoms with van der Waals surface area (Å²) in [5, 5.41) is 9.06. The number of anilines is 1. The Balaban J connectivity index is 1.83. The molecule has 4 heteroatoms. The Bertz CT molecular complexity index is 777. The quantitative estimate of drug-likeness (QED) is 0.815. The second kappa shape index (κ2) is 5.08. The molecule has 0 bridgehead atoms. The van der Waals surface area contributed by atoms with Gasteiger partial charge >= 0.3 is 5.97 Å². The molecule has 0 aliphatic heterocycles. The Hall–Kier alpha value is -2.36. The summed E-state index contributed by atoms with van der Waals surface area (Å²) < 4.78 is 14.6. The molecule has 2 aliphatic rings. The molecule has 0 radical (unpaired) electrons. The van der Waals surface area contributed by atoms with Crippen molar-refractivity contribution in [1.29, 1.82) is 0 Å². The van der Waals surface area contributed by atoms with Crippen molar-refractivity contribution in [3.63, 3.8) is 0 Å². The van der Waals surface area contributed by atoms with Crippen LogP contribution in [-0.4, -0.2) is 11.1 Å². The van der Waals surface area contributed by atoms with Gasteiger partial charge in [0.1, 0.15) is 0 Å². The number of hydrogen-bond donors (Lipinski definition) is 2. The van der Waals surface area contributed by atoms with Gasteiger partial charge in [0, 0.05) is 5.56 Å². The van der Waals surface area contributed by atoms with Crippen molar-refractivity contribution in [1.82, 2.24) is 0 Å². The Morgan fingerprint density at radius 3 is 2.09 bits per heavy atom. The van der Waals surface area contributed by atoms with E-state index in [2.05, 4.69) is 6.07 Å². The minimum atomic E-state index is -1.21. The fourth-order valence-corrected chi connectivity index (χ4v) is 3.14. The average Bonchev–Trinajstić information content (AvgIpc) is 3.40. The van der Waals surface area contributed by atoms with Crippen LogP contribution >= 0.6 is 0 Å². The summed E-state index contributed by atoms with van der Waals surface area (Å²) in [7, 11) is 0. The van der Waals surface area contributed by atoms with Crippen LogP contribution in [0.15, 0.2) is 30.3 Å². The average molecular weight is 311 g/mol. The van der Waals surface area contributed by atoms with E-state index in [9.17, 15) is 9.18 Å². The minimum Gasteiger partial charge on any atom is -0.478 e. The summed E-state index contributed by atoms with van der Waals surface area (Å²) >= 11 is 0. The standard InChI is InChI=1S/C19H18FNO2/c20-17-15(5-6-16(18(17)21)19(22)23)14-8-12(10-1-2-10)7-13(9-14)11-3-4-11/h5-11H,1-4,21H2,(H,22,23). The lowest BCUT2D eigenvalue weighted by molar-refractivity contribution is 0.0697. The Morgan fingerprint density at radius 2 is 1.61 bits per heavy atom. The highest BCUT2D eigenvalue weighted by Gasteiger charge is 2.29. The maximum atomic E-state index is 14.6. The van der Waals surface area contributed by atoms with Gasteiger partial charge in [-0.15, -0.1) is 0 Å². The van der Waals surface area contributed by atoms with Crippen molar-refractivity contribution in [2.45, 2.75) is 37.5 Å². The van der Waals surface area contributed by atoms with Crippen molar-refractivity contribution in [3.8, 4) is 11.1 Å². The molecule has 0 saturated heterocycles. The molecule has 0 atom stereocenters. The Labute approximate surface area is 133 Å². The third kappa shape index (κ3) is 2.58. The van der Waals surface area contributed by atoms with Gasteiger partial charge in [-0.1, -0.05) is 24.3 Å². The number of rotatable bonds is 4. The predicted molar refractivity (Wildman–Crippen MR) is 87.2 cm³/mol. The smallest absolute Gasteiger partial charge is 0.337 e. The van der Waals surface area contributed by atoms with Gasteiger partial charge in [-0.05, 0) is 60.3 Å². The highest BCUT2D eigenvalue weighted by Crippen LogP contribution is 2.46. The number of nitrogen functional groups attached to an aromatic ring is 1. The molecule has 4 rings (SSSR count). The zero-order valence-electron chi connectivity index (χ0n) is 12.7. The summed E-state index contributed by atoms with van der Waals surface area (Å²) in [6, 6.07) is 9.23. The molecule has 0 unspecified atom stereocenters. The van der Waals surface area contributed by atoms with Crippen molar-refractivity contribution >= 4 is 11.7 Å². The van der Waals surface area contributed by atoms with Gasteiger partial charge in [0.15, 0.2) is 5.82 Å². The molecule has 0 spiro atoms. The molecule has 3 nitrogen and oxygen atoms in total. The number of aromatic carboxylic acids is 1. The highest BCUT2D eigenvalue weighted by atomic mass is 19.1. The monoisotopic (exact) mass is 311 g/mol. The third-order valence-electron chi connectivity index (χ3n) is 4.80. The zero-order chi connectivity index (χ0) is 16.1. The number of benzene rings is 2. The third-order valence-corrected chi connectivity index (χ3v) is 4.80. The molecule has 2 aromatic carbocycles.